The number of hydrogen-bond donors (Lipinski definition) is 3. The zero-order valence-electron chi connectivity index (χ0n) is 15.5. The molecule has 1 aromatic heterocycles. The minimum absolute atomic E-state index is 0.0497. The van der Waals surface area contributed by atoms with Crippen molar-refractivity contribution >= 4 is 11.6 Å². The van der Waals surface area contributed by atoms with Crippen LogP contribution in [0.25, 0.3) is 11.4 Å². The number of aliphatic hydroxyl groups excluding tert-OH is 1. The van der Waals surface area contributed by atoms with Gasteiger partial charge in [0.1, 0.15) is 6.04 Å². The van der Waals surface area contributed by atoms with Gasteiger partial charge in [-0.1, -0.05) is 29.4 Å². The lowest BCUT2D eigenvalue weighted by atomic mass is 10.1. The Labute approximate surface area is 168 Å². The molecule has 4 rings (SSSR count). The van der Waals surface area contributed by atoms with Crippen LogP contribution < -0.4 is 10.6 Å². The van der Waals surface area contributed by atoms with Crippen molar-refractivity contribution in [3.05, 3.63) is 65.0 Å². The summed E-state index contributed by atoms with van der Waals surface area (Å²) in [4.78, 5) is 16.8. The van der Waals surface area contributed by atoms with Gasteiger partial charge in [-0.15, -0.1) is 0 Å². The molecular formula is C20H17F3N4O3. The Kier molecular flexibility index (Phi) is 5.17. The van der Waals surface area contributed by atoms with Crippen LogP contribution in [0, 0.1) is 0 Å². The smallest absolute Gasteiger partial charge is 0.394 e. The van der Waals surface area contributed by atoms with Crippen molar-refractivity contribution in [2.24, 2.45) is 0 Å². The summed E-state index contributed by atoms with van der Waals surface area (Å²) in [6, 6.07) is 8.70. The van der Waals surface area contributed by atoms with Crippen LogP contribution in [-0.2, 0) is 12.6 Å². The van der Waals surface area contributed by atoms with Crippen molar-refractivity contribution in [3.63, 3.8) is 0 Å². The molecule has 1 amide bonds. The zero-order chi connectivity index (χ0) is 21.3. The van der Waals surface area contributed by atoms with E-state index in [9.17, 15) is 23.1 Å². The van der Waals surface area contributed by atoms with Crippen LogP contribution in [0.1, 0.15) is 33.4 Å². The number of alkyl halides is 3. The van der Waals surface area contributed by atoms with E-state index in [1.807, 2.05) is 6.07 Å². The van der Waals surface area contributed by atoms with Gasteiger partial charge in [-0.3, -0.25) is 4.79 Å². The molecule has 0 radical (unpaired) electrons. The number of halogens is 3. The average Bonchev–Trinajstić information content (AvgIpc) is 3.40. The van der Waals surface area contributed by atoms with Crippen LogP contribution in [0.3, 0.4) is 0 Å². The van der Waals surface area contributed by atoms with Crippen molar-refractivity contribution in [1.82, 2.24) is 15.5 Å². The number of carbonyl (C=O) groups excluding carboxylic acids is 1. The average molecular weight is 418 g/mol. The minimum atomic E-state index is -4.44. The number of anilines is 1. The molecule has 1 atom stereocenters. The Morgan fingerprint density at radius 2 is 2.00 bits per heavy atom. The summed E-state index contributed by atoms with van der Waals surface area (Å²) in [6.45, 7) is 0.242. The van der Waals surface area contributed by atoms with Gasteiger partial charge in [-0.25, -0.2) is 0 Å². The Hall–Kier alpha value is -3.40. The molecule has 0 aliphatic carbocycles. The van der Waals surface area contributed by atoms with Gasteiger partial charge in [-0.05, 0) is 30.2 Å². The first-order valence-corrected chi connectivity index (χ1v) is 9.15. The van der Waals surface area contributed by atoms with Crippen molar-refractivity contribution in [2.45, 2.75) is 18.6 Å². The lowest BCUT2D eigenvalue weighted by Crippen LogP contribution is -2.31. The van der Waals surface area contributed by atoms with E-state index in [4.69, 9.17) is 4.52 Å². The van der Waals surface area contributed by atoms with Crippen LogP contribution in [0.5, 0.6) is 0 Å². The number of fused-ring (bicyclic) bond motifs is 1. The highest BCUT2D eigenvalue weighted by Gasteiger charge is 2.30. The molecule has 2 aromatic carbocycles. The topological polar surface area (TPSA) is 100 Å². The normalized spacial score (nSPS) is 14.1. The third kappa shape index (κ3) is 3.86. The third-order valence-electron chi connectivity index (χ3n) is 4.79. The maximum absolute atomic E-state index is 12.7. The highest BCUT2D eigenvalue weighted by molar-refractivity contribution is 6.00. The van der Waals surface area contributed by atoms with Crippen molar-refractivity contribution in [1.29, 1.82) is 0 Å². The van der Waals surface area contributed by atoms with E-state index in [0.717, 1.165) is 36.3 Å². The fraction of sp³-hybridized carbons (Fsp3) is 0.250. The predicted molar refractivity (Wildman–Crippen MR) is 101 cm³/mol. The summed E-state index contributed by atoms with van der Waals surface area (Å²) in [6.07, 6.45) is -3.63. The number of amides is 1. The van der Waals surface area contributed by atoms with E-state index in [1.165, 1.54) is 12.1 Å². The molecule has 30 heavy (non-hydrogen) atoms. The lowest BCUT2D eigenvalue weighted by molar-refractivity contribution is -0.137. The van der Waals surface area contributed by atoms with Gasteiger partial charge in [-0.2, -0.15) is 18.2 Å². The van der Waals surface area contributed by atoms with Gasteiger partial charge in [0.15, 0.2) is 0 Å². The summed E-state index contributed by atoms with van der Waals surface area (Å²) in [7, 11) is 0. The molecule has 7 nitrogen and oxygen atoms in total. The maximum Gasteiger partial charge on any atom is 0.416 e. The highest BCUT2D eigenvalue weighted by Crippen LogP contribution is 2.31. The van der Waals surface area contributed by atoms with E-state index in [-0.39, 0.29) is 11.7 Å². The first-order chi connectivity index (χ1) is 14.4. The summed E-state index contributed by atoms with van der Waals surface area (Å²) >= 11 is 0. The molecule has 156 valence electrons. The number of benzene rings is 2. The number of nitrogens with one attached hydrogen (secondary N) is 2. The van der Waals surface area contributed by atoms with Gasteiger partial charge >= 0.3 is 6.18 Å². The van der Waals surface area contributed by atoms with Crippen molar-refractivity contribution in [3.8, 4) is 11.4 Å². The van der Waals surface area contributed by atoms with Crippen LogP contribution in [0.2, 0.25) is 0 Å². The van der Waals surface area contributed by atoms with Gasteiger partial charge in [0.25, 0.3) is 11.8 Å². The molecule has 1 aliphatic heterocycles. The van der Waals surface area contributed by atoms with Crippen LogP contribution >= 0.6 is 0 Å². The number of nitrogens with zero attached hydrogens (tertiary/aromatic N) is 2. The molecule has 0 bridgehead atoms. The fourth-order valence-electron chi connectivity index (χ4n) is 3.25. The SMILES string of the molecule is O=C(NC(CO)c1nc(-c2ccc(C(F)(F)F)cc2)no1)c1cccc2c1NCC2. The van der Waals surface area contributed by atoms with Gasteiger partial charge < -0.3 is 20.3 Å². The first kappa shape index (κ1) is 19.9. The van der Waals surface area contributed by atoms with Gasteiger partial charge in [0, 0.05) is 12.1 Å². The molecule has 0 saturated carbocycles. The van der Waals surface area contributed by atoms with Gasteiger partial charge in [0.2, 0.25) is 5.82 Å². The Morgan fingerprint density at radius 3 is 2.70 bits per heavy atom. The molecular weight excluding hydrogens is 401 g/mol. The van der Waals surface area contributed by atoms with E-state index < -0.39 is 30.3 Å². The quantitative estimate of drug-likeness (QED) is 0.589. The molecule has 0 saturated heterocycles. The number of para-hydroxylation sites is 1. The van der Waals surface area contributed by atoms with Crippen molar-refractivity contribution in [2.75, 3.05) is 18.5 Å². The third-order valence-corrected chi connectivity index (χ3v) is 4.79. The summed E-state index contributed by atoms with van der Waals surface area (Å²) in [5, 5.41) is 19.2. The molecule has 0 fully saturated rings. The summed E-state index contributed by atoms with van der Waals surface area (Å²) in [5.41, 5.74) is 1.74. The summed E-state index contributed by atoms with van der Waals surface area (Å²) in [5.74, 6) is -0.426. The zero-order valence-corrected chi connectivity index (χ0v) is 15.5. The van der Waals surface area contributed by atoms with Crippen LogP contribution in [0.4, 0.5) is 18.9 Å². The second kappa shape index (κ2) is 7.79. The van der Waals surface area contributed by atoms with E-state index in [2.05, 4.69) is 20.8 Å². The first-order valence-electron chi connectivity index (χ1n) is 9.15. The molecule has 1 aliphatic rings. The second-order valence-electron chi connectivity index (χ2n) is 6.76. The lowest BCUT2D eigenvalue weighted by Gasteiger charge is -2.14. The Balaban J connectivity index is 1.52. The predicted octanol–water partition coefficient (Wildman–Crippen LogP) is 3.19. The van der Waals surface area contributed by atoms with E-state index in [1.54, 1.807) is 12.1 Å². The van der Waals surface area contributed by atoms with E-state index in [0.29, 0.717) is 11.1 Å². The molecule has 2 heterocycles. The molecule has 0 spiro atoms. The number of hydrogen-bond acceptors (Lipinski definition) is 6. The number of rotatable bonds is 5. The summed E-state index contributed by atoms with van der Waals surface area (Å²) < 4.78 is 43.2. The fourth-order valence-corrected chi connectivity index (χ4v) is 3.25. The molecule has 3 aromatic rings. The van der Waals surface area contributed by atoms with Crippen molar-refractivity contribution < 1.29 is 27.6 Å². The monoisotopic (exact) mass is 418 g/mol. The number of aliphatic hydroxyl groups is 1. The van der Waals surface area contributed by atoms with Crippen LogP contribution in [0.15, 0.2) is 47.0 Å². The Bertz CT molecular complexity index is 1060. The minimum Gasteiger partial charge on any atom is -0.394 e. The maximum atomic E-state index is 12.7. The molecule has 10 heteroatoms. The number of aromatic nitrogens is 2. The second-order valence-corrected chi connectivity index (χ2v) is 6.76. The number of carbonyl (C=O) groups is 1. The van der Waals surface area contributed by atoms with Gasteiger partial charge in [0.05, 0.1) is 23.4 Å². The highest BCUT2D eigenvalue weighted by atomic mass is 19.4. The molecule has 1 unspecified atom stereocenters. The Morgan fingerprint density at radius 1 is 1.23 bits per heavy atom. The molecule has 3 N–H and O–H groups in total. The largest absolute Gasteiger partial charge is 0.416 e. The standard InChI is InChI=1S/C20H17F3N4O3/c21-20(22,23)13-6-4-12(5-7-13)17-26-19(30-27-17)15(10-28)25-18(29)14-3-1-2-11-8-9-24-16(11)14/h1-7,15,24,28H,8-10H2,(H,25,29). The van der Waals surface area contributed by atoms with E-state index >= 15 is 0 Å². The van der Waals surface area contributed by atoms with Crippen LogP contribution in [-0.4, -0.2) is 34.3 Å².